The lowest BCUT2D eigenvalue weighted by atomic mass is 9.69. The number of methoxy groups -OCH3 is 2. The maximum atomic E-state index is 12.3. The number of carbonyl (C=O) groups excluding carboxylic acids is 2. The molecule has 2 unspecified atom stereocenters. The fraction of sp³-hybridized carbons (Fsp3) is 0.391. The molecule has 158 valence electrons. The van der Waals surface area contributed by atoms with Crippen molar-refractivity contribution >= 4 is 11.9 Å². The van der Waals surface area contributed by atoms with E-state index in [9.17, 15) is 20.1 Å². The van der Waals surface area contributed by atoms with Crippen LogP contribution < -0.4 is 0 Å². The SMILES string of the molecule is COC(=O)C(C)CC1(CC(C)C(=O)OC)c2ccccc2-c2nc(C#N)c(C#N)nc21. The molecule has 8 heteroatoms. The Bertz CT molecular complexity index is 1110. The average molecular weight is 418 g/mol. The lowest BCUT2D eigenvalue weighted by Crippen LogP contribution is -2.35. The Morgan fingerprint density at radius 1 is 0.968 bits per heavy atom. The number of fused-ring (bicyclic) bond motifs is 3. The normalized spacial score (nSPS) is 18.0. The summed E-state index contributed by atoms with van der Waals surface area (Å²) in [4.78, 5) is 33.6. The fourth-order valence-corrected chi connectivity index (χ4v) is 4.46. The van der Waals surface area contributed by atoms with Crippen molar-refractivity contribution in [1.29, 1.82) is 10.5 Å². The van der Waals surface area contributed by atoms with Crippen molar-refractivity contribution in [2.24, 2.45) is 11.8 Å². The fourth-order valence-electron chi connectivity index (χ4n) is 4.46. The summed E-state index contributed by atoms with van der Waals surface area (Å²) in [6.07, 6.45) is 0.576. The van der Waals surface area contributed by atoms with Gasteiger partial charge in [0.1, 0.15) is 12.1 Å². The van der Waals surface area contributed by atoms with Crippen LogP contribution in [0.1, 0.15) is 49.3 Å². The molecule has 0 saturated heterocycles. The van der Waals surface area contributed by atoms with Gasteiger partial charge in [-0.1, -0.05) is 38.1 Å². The highest BCUT2D eigenvalue weighted by Crippen LogP contribution is 2.53. The van der Waals surface area contributed by atoms with Gasteiger partial charge in [-0.3, -0.25) is 9.59 Å². The number of rotatable bonds is 6. The summed E-state index contributed by atoms with van der Waals surface area (Å²) in [7, 11) is 2.65. The Kier molecular flexibility index (Phi) is 6.03. The molecule has 2 atom stereocenters. The van der Waals surface area contributed by atoms with Gasteiger partial charge in [-0.15, -0.1) is 0 Å². The Morgan fingerprint density at radius 3 is 2.00 bits per heavy atom. The average Bonchev–Trinajstić information content (AvgIpc) is 3.05. The smallest absolute Gasteiger partial charge is 0.308 e. The lowest BCUT2D eigenvalue weighted by Gasteiger charge is -2.34. The second-order valence-electron chi connectivity index (χ2n) is 7.73. The molecule has 8 nitrogen and oxygen atoms in total. The highest BCUT2D eigenvalue weighted by atomic mass is 16.5. The van der Waals surface area contributed by atoms with Crippen LogP contribution in [0.3, 0.4) is 0 Å². The van der Waals surface area contributed by atoms with Crippen molar-refractivity contribution in [3.8, 4) is 23.4 Å². The maximum absolute atomic E-state index is 12.3. The van der Waals surface area contributed by atoms with Gasteiger partial charge in [0, 0.05) is 11.0 Å². The molecule has 3 rings (SSSR count). The van der Waals surface area contributed by atoms with E-state index >= 15 is 0 Å². The van der Waals surface area contributed by atoms with Gasteiger partial charge in [0.25, 0.3) is 0 Å². The summed E-state index contributed by atoms with van der Waals surface area (Å²) in [6, 6.07) is 11.3. The molecule has 0 spiro atoms. The molecule has 0 radical (unpaired) electrons. The van der Waals surface area contributed by atoms with Crippen LogP contribution in [0.5, 0.6) is 0 Å². The first kappa shape index (κ1) is 21.9. The van der Waals surface area contributed by atoms with Crippen molar-refractivity contribution in [3.63, 3.8) is 0 Å². The molecule has 1 aliphatic rings. The van der Waals surface area contributed by atoms with E-state index in [1.54, 1.807) is 13.8 Å². The summed E-state index contributed by atoms with van der Waals surface area (Å²) in [5.74, 6) is -1.81. The van der Waals surface area contributed by atoms with Gasteiger partial charge in [0.2, 0.25) is 0 Å². The Morgan fingerprint density at radius 2 is 1.48 bits per heavy atom. The monoisotopic (exact) mass is 418 g/mol. The van der Waals surface area contributed by atoms with E-state index in [0.29, 0.717) is 11.4 Å². The van der Waals surface area contributed by atoms with E-state index in [0.717, 1.165) is 11.1 Å². The Balaban J connectivity index is 2.31. The summed E-state index contributed by atoms with van der Waals surface area (Å²) < 4.78 is 9.87. The minimum Gasteiger partial charge on any atom is -0.469 e. The zero-order valence-corrected chi connectivity index (χ0v) is 17.8. The first-order valence-corrected chi connectivity index (χ1v) is 9.81. The third-order valence-corrected chi connectivity index (χ3v) is 5.78. The topological polar surface area (TPSA) is 126 Å². The molecular formula is C23H22N4O4. The zero-order chi connectivity index (χ0) is 22.8. The predicted molar refractivity (Wildman–Crippen MR) is 109 cm³/mol. The van der Waals surface area contributed by atoms with E-state index in [1.807, 2.05) is 36.4 Å². The van der Waals surface area contributed by atoms with Crippen molar-refractivity contribution in [1.82, 2.24) is 9.97 Å². The molecule has 0 saturated carbocycles. The first-order valence-electron chi connectivity index (χ1n) is 9.81. The maximum Gasteiger partial charge on any atom is 0.308 e. The highest BCUT2D eigenvalue weighted by Gasteiger charge is 2.49. The second kappa shape index (κ2) is 8.53. The number of nitrogens with zero attached hydrogens (tertiary/aromatic N) is 4. The predicted octanol–water partition coefficient (Wildman–Crippen LogP) is 2.88. The molecule has 31 heavy (non-hydrogen) atoms. The van der Waals surface area contributed by atoms with Gasteiger partial charge in [-0.2, -0.15) is 10.5 Å². The Labute approximate surface area is 180 Å². The summed E-state index contributed by atoms with van der Waals surface area (Å²) in [6.45, 7) is 3.50. The second-order valence-corrected chi connectivity index (χ2v) is 7.73. The third-order valence-electron chi connectivity index (χ3n) is 5.78. The van der Waals surface area contributed by atoms with Crippen molar-refractivity contribution in [2.45, 2.75) is 32.1 Å². The molecule has 1 aliphatic carbocycles. The van der Waals surface area contributed by atoms with Gasteiger partial charge in [-0.25, -0.2) is 9.97 Å². The minimum atomic E-state index is -0.889. The van der Waals surface area contributed by atoms with Gasteiger partial charge >= 0.3 is 11.9 Å². The van der Waals surface area contributed by atoms with E-state index in [4.69, 9.17) is 9.47 Å². The number of aromatic nitrogens is 2. The van der Waals surface area contributed by atoms with Crippen LogP contribution in [0.25, 0.3) is 11.3 Å². The van der Waals surface area contributed by atoms with Crippen molar-refractivity contribution < 1.29 is 19.1 Å². The van der Waals surface area contributed by atoms with E-state index in [1.165, 1.54) is 14.2 Å². The largest absolute Gasteiger partial charge is 0.469 e. The van der Waals surface area contributed by atoms with Crippen LogP contribution in [0.15, 0.2) is 24.3 Å². The minimum absolute atomic E-state index is 0.0612. The summed E-state index contributed by atoms with van der Waals surface area (Å²) in [5, 5.41) is 19.0. The van der Waals surface area contributed by atoms with E-state index < -0.39 is 29.2 Å². The number of hydrogen-bond acceptors (Lipinski definition) is 8. The number of ether oxygens (including phenoxy) is 2. The van der Waals surface area contributed by atoms with Crippen LogP contribution in [-0.2, 0) is 24.5 Å². The molecule has 1 aromatic carbocycles. The van der Waals surface area contributed by atoms with Crippen LogP contribution in [-0.4, -0.2) is 36.1 Å². The number of hydrogen-bond donors (Lipinski definition) is 0. The number of esters is 2. The quantitative estimate of drug-likeness (QED) is 0.656. The molecule has 2 aromatic rings. The molecule has 1 aromatic heterocycles. The molecule has 0 fully saturated rings. The number of nitriles is 2. The van der Waals surface area contributed by atoms with Crippen molar-refractivity contribution in [3.05, 3.63) is 46.9 Å². The van der Waals surface area contributed by atoms with Crippen LogP contribution in [0.4, 0.5) is 0 Å². The summed E-state index contributed by atoms with van der Waals surface area (Å²) >= 11 is 0. The van der Waals surface area contributed by atoms with Crippen LogP contribution >= 0.6 is 0 Å². The zero-order valence-electron chi connectivity index (χ0n) is 17.8. The van der Waals surface area contributed by atoms with Crippen molar-refractivity contribution in [2.75, 3.05) is 14.2 Å². The Hall–Kier alpha value is -3.78. The van der Waals surface area contributed by atoms with E-state index in [-0.39, 0.29) is 24.2 Å². The van der Waals surface area contributed by atoms with Gasteiger partial charge in [0.15, 0.2) is 11.4 Å². The van der Waals surface area contributed by atoms with Gasteiger partial charge < -0.3 is 9.47 Å². The standard InChI is InChI=1S/C23H22N4O4/c1-13(21(28)30-3)9-23(10-14(2)22(29)31-4)16-8-6-5-7-15(16)19-20(23)27-18(12-25)17(11-24)26-19/h5-8,13-14H,9-10H2,1-4H3. The molecule has 0 amide bonds. The molecule has 0 bridgehead atoms. The highest BCUT2D eigenvalue weighted by molar-refractivity contribution is 5.80. The first-order chi connectivity index (χ1) is 14.8. The molecular weight excluding hydrogens is 396 g/mol. The molecule has 1 heterocycles. The van der Waals surface area contributed by atoms with Gasteiger partial charge in [0.05, 0.1) is 37.4 Å². The molecule has 0 aliphatic heterocycles. The summed E-state index contributed by atoms with van der Waals surface area (Å²) in [5.41, 5.74) is 1.54. The van der Waals surface area contributed by atoms with E-state index in [2.05, 4.69) is 9.97 Å². The van der Waals surface area contributed by atoms with Crippen LogP contribution in [0.2, 0.25) is 0 Å². The van der Waals surface area contributed by atoms with Crippen LogP contribution in [0, 0.1) is 34.5 Å². The number of carbonyl (C=O) groups is 2. The third kappa shape index (κ3) is 3.62. The number of benzene rings is 1. The lowest BCUT2D eigenvalue weighted by molar-refractivity contribution is -0.146. The van der Waals surface area contributed by atoms with Gasteiger partial charge in [-0.05, 0) is 18.4 Å². The molecule has 0 N–H and O–H groups in total.